The number of nitrogens with zero attached hydrogens (tertiary/aromatic N) is 2. The lowest BCUT2D eigenvalue weighted by Crippen LogP contribution is -2.45. The first-order chi connectivity index (χ1) is 13.8. The van der Waals surface area contributed by atoms with Crippen molar-refractivity contribution in [2.24, 2.45) is 0 Å². The minimum absolute atomic E-state index is 0.0400. The molecule has 2 heterocycles. The summed E-state index contributed by atoms with van der Waals surface area (Å²) in [6.07, 6.45) is -4.44. The molecule has 2 atom stereocenters. The monoisotopic (exact) mass is 404 g/mol. The number of halogens is 3. The second-order valence-electron chi connectivity index (χ2n) is 7.06. The first-order valence-corrected chi connectivity index (χ1v) is 9.14. The molecule has 0 aliphatic carbocycles. The number of anilines is 1. The van der Waals surface area contributed by atoms with Gasteiger partial charge in [0.1, 0.15) is 11.4 Å². The molecule has 4 N–H and O–H groups in total. The number of nitrogens with one attached hydrogen (secondary N) is 2. The highest BCUT2D eigenvalue weighted by Crippen LogP contribution is 2.38. The molecule has 4 rings (SSSR count). The topological polar surface area (TPSA) is 90.3 Å². The smallest absolute Gasteiger partial charge is 0.416 e. The molecule has 152 valence electrons. The maximum Gasteiger partial charge on any atom is 0.416 e. The van der Waals surface area contributed by atoms with Crippen LogP contribution in [0, 0.1) is 0 Å². The number of aromatic nitrogens is 2. The van der Waals surface area contributed by atoms with Crippen molar-refractivity contribution in [1.82, 2.24) is 15.5 Å². The van der Waals surface area contributed by atoms with Crippen molar-refractivity contribution >= 4 is 16.6 Å². The van der Waals surface area contributed by atoms with E-state index >= 15 is 0 Å². The van der Waals surface area contributed by atoms with E-state index in [1.807, 2.05) is 12.1 Å². The quantitative estimate of drug-likeness (QED) is 0.536. The van der Waals surface area contributed by atoms with Crippen LogP contribution in [0.4, 0.5) is 19.0 Å². The zero-order chi connectivity index (χ0) is 20.6. The Labute approximate surface area is 164 Å². The van der Waals surface area contributed by atoms with E-state index in [2.05, 4.69) is 20.8 Å². The predicted octanol–water partition coefficient (Wildman–Crippen LogP) is 3.16. The number of aliphatic hydroxyl groups is 1. The number of phenols is 1. The average molecular weight is 404 g/mol. The molecule has 29 heavy (non-hydrogen) atoms. The number of phenolic OH excluding ortho intramolecular Hbond substituents is 1. The van der Waals surface area contributed by atoms with Gasteiger partial charge in [0, 0.05) is 35.5 Å². The third kappa shape index (κ3) is 3.96. The summed E-state index contributed by atoms with van der Waals surface area (Å²) in [6.45, 7) is 1.20. The number of hydrogen-bond acceptors (Lipinski definition) is 6. The van der Waals surface area contributed by atoms with Gasteiger partial charge in [0.05, 0.1) is 11.7 Å². The van der Waals surface area contributed by atoms with Gasteiger partial charge < -0.3 is 20.8 Å². The fourth-order valence-corrected chi connectivity index (χ4v) is 3.54. The van der Waals surface area contributed by atoms with E-state index in [1.165, 1.54) is 6.07 Å². The molecule has 3 aromatic rings. The van der Waals surface area contributed by atoms with Crippen LogP contribution >= 0.6 is 0 Å². The van der Waals surface area contributed by atoms with Gasteiger partial charge in [-0.2, -0.15) is 13.2 Å². The number of benzene rings is 2. The highest BCUT2D eigenvalue weighted by Gasteiger charge is 2.31. The summed E-state index contributed by atoms with van der Waals surface area (Å²) in [4.78, 5) is 0. The predicted molar refractivity (Wildman–Crippen MR) is 103 cm³/mol. The number of alkyl halides is 3. The lowest BCUT2D eigenvalue weighted by atomic mass is 10.0. The maximum atomic E-state index is 12.9. The molecule has 1 aromatic heterocycles. The minimum atomic E-state index is -4.55. The number of fused-ring (bicyclic) bond motifs is 1. The lowest BCUT2D eigenvalue weighted by Gasteiger charge is -2.28. The molecule has 0 amide bonds. The van der Waals surface area contributed by atoms with Crippen molar-refractivity contribution in [3.8, 4) is 17.0 Å². The number of β-amino-alcohol motifs (C(OH)–C–C–N with tert-alkyl or cyclic N) is 1. The third-order valence-electron chi connectivity index (χ3n) is 4.94. The normalized spacial score (nSPS) is 20.0. The van der Waals surface area contributed by atoms with E-state index in [-0.39, 0.29) is 11.6 Å². The number of aromatic hydroxyl groups is 1. The van der Waals surface area contributed by atoms with Crippen molar-refractivity contribution in [3.05, 3.63) is 48.0 Å². The fourth-order valence-electron chi connectivity index (χ4n) is 3.54. The Morgan fingerprint density at radius 3 is 2.48 bits per heavy atom. The van der Waals surface area contributed by atoms with Crippen LogP contribution in [0.5, 0.6) is 5.75 Å². The largest absolute Gasteiger partial charge is 0.507 e. The molecular weight excluding hydrogens is 385 g/mol. The van der Waals surface area contributed by atoms with Crippen molar-refractivity contribution in [2.75, 3.05) is 18.4 Å². The number of piperidine rings is 1. The van der Waals surface area contributed by atoms with Crippen LogP contribution in [-0.4, -0.2) is 45.6 Å². The van der Waals surface area contributed by atoms with E-state index in [1.54, 1.807) is 12.1 Å². The zero-order valence-corrected chi connectivity index (χ0v) is 15.2. The van der Waals surface area contributed by atoms with Crippen LogP contribution in [0.1, 0.15) is 12.0 Å². The Kier molecular flexibility index (Phi) is 5.01. The summed E-state index contributed by atoms with van der Waals surface area (Å²) >= 11 is 0. The molecule has 0 bridgehead atoms. The molecule has 9 heteroatoms. The number of rotatable bonds is 3. The third-order valence-corrected chi connectivity index (χ3v) is 4.94. The van der Waals surface area contributed by atoms with E-state index in [0.29, 0.717) is 42.5 Å². The summed E-state index contributed by atoms with van der Waals surface area (Å²) in [7, 11) is 0. The van der Waals surface area contributed by atoms with Crippen LogP contribution in [0.2, 0.25) is 0 Å². The first-order valence-electron chi connectivity index (χ1n) is 9.14. The average Bonchev–Trinajstić information content (AvgIpc) is 2.68. The highest BCUT2D eigenvalue weighted by atomic mass is 19.4. The highest BCUT2D eigenvalue weighted by molar-refractivity contribution is 6.00. The van der Waals surface area contributed by atoms with Crippen molar-refractivity contribution in [3.63, 3.8) is 0 Å². The van der Waals surface area contributed by atoms with Gasteiger partial charge in [-0.3, -0.25) is 0 Å². The molecule has 2 aromatic carbocycles. The van der Waals surface area contributed by atoms with Gasteiger partial charge in [0.15, 0.2) is 5.82 Å². The summed E-state index contributed by atoms with van der Waals surface area (Å²) < 4.78 is 38.7. The SMILES string of the molecule is Oc1cc(C(F)(F)F)ccc1-c1nnc(N[C@H]2CNC[C@@H](O)C2)c2ccccc12. The van der Waals surface area contributed by atoms with Crippen molar-refractivity contribution in [1.29, 1.82) is 0 Å². The van der Waals surface area contributed by atoms with Gasteiger partial charge in [-0.25, -0.2) is 0 Å². The molecule has 0 saturated carbocycles. The van der Waals surface area contributed by atoms with Crippen LogP contribution in [-0.2, 0) is 6.18 Å². The maximum absolute atomic E-state index is 12.9. The Bertz CT molecular complexity index is 1040. The Balaban J connectivity index is 1.74. The molecule has 0 unspecified atom stereocenters. The summed E-state index contributed by atoms with van der Waals surface area (Å²) in [6, 6.07) is 9.95. The molecule has 0 spiro atoms. The lowest BCUT2D eigenvalue weighted by molar-refractivity contribution is -0.137. The minimum Gasteiger partial charge on any atom is -0.507 e. The zero-order valence-electron chi connectivity index (χ0n) is 15.2. The number of aliphatic hydroxyl groups excluding tert-OH is 1. The van der Waals surface area contributed by atoms with Gasteiger partial charge in [0.25, 0.3) is 0 Å². The van der Waals surface area contributed by atoms with Crippen LogP contribution in [0.15, 0.2) is 42.5 Å². The second kappa shape index (κ2) is 7.49. The van der Waals surface area contributed by atoms with Gasteiger partial charge in [-0.15, -0.1) is 10.2 Å². The molecule has 1 aliphatic heterocycles. The van der Waals surface area contributed by atoms with E-state index in [4.69, 9.17) is 0 Å². The van der Waals surface area contributed by atoms with Crippen LogP contribution in [0.3, 0.4) is 0 Å². The molecule has 1 fully saturated rings. The van der Waals surface area contributed by atoms with Gasteiger partial charge in [0.2, 0.25) is 0 Å². The van der Waals surface area contributed by atoms with E-state index < -0.39 is 23.6 Å². The second-order valence-corrected chi connectivity index (χ2v) is 7.06. The standard InChI is InChI=1S/C20H19F3N4O2/c21-20(22,23)11-5-6-16(17(29)7-11)18-14-3-1-2-4-15(14)19(27-26-18)25-12-8-13(28)10-24-9-12/h1-7,12-13,24,28-29H,8-10H2,(H,25,27)/t12-,13+/m1/s1. The van der Waals surface area contributed by atoms with Gasteiger partial charge in [-0.1, -0.05) is 24.3 Å². The van der Waals surface area contributed by atoms with Crippen molar-refractivity contribution < 1.29 is 23.4 Å². The Hall–Kier alpha value is -2.91. The van der Waals surface area contributed by atoms with Crippen LogP contribution < -0.4 is 10.6 Å². The molecule has 1 saturated heterocycles. The molecule has 1 aliphatic rings. The molecule has 0 radical (unpaired) electrons. The summed E-state index contributed by atoms with van der Waals surface area (Å²) in [5.41, 5.74) is -0.472. The van der Waals surface area contributed by atoms with Crippen LogP contribution in [0.25, 0.3) is 22.0 Å². The van der Waals surface area contributed by atoms with E-state index in [0.717, 1.165) is 11.5 Å². The molecular formula is C20H19F3N4O2. The van der Waals surface area contributed by atoms with Crippen molar-refractivity contribution in [2.45, 2.75) is 24.7 Å². The summed E-state index contributed by atoms with van der Waals surface area (Å²) in [5, 5.41) is 36.2. The first kappa shape index (κ1) is 19.4. The van der Waals surface area contributed by atoms with Gasteiger partial charge in [-0.05, 0) is 24.6 Å². The molecule has 6 nitrogen and oxygen atoms in total. The number of hydrogen-bond donors (Lipinski definition) is 4. The summed E-state index contributed by atoms with van der Waals surface area (Å²) in [5.74, 6) is -0.00348. The fraction of sp³-hybridized carbons (Fsp3) is 0.300. The Morgan fingerprint density at radius 1 is 1.03 bits per heavy atom. The van der Waals surface area contributed by atoms with Gasteiger partial charge >= 0.3 is 6.18 Å². The van der Waals surface area contributed by atoms with E-state index in [9.17, 15) is 23.4 Å². The Morgan fingerprint density at radius 2 is 1.79 bits per heavy atom.